The maximum atomic E-state index is 9.87. The molecule has 0 fully saturated rings. The average Bonchev–Trinajstić information content (AvgIpc) is 2.14. The molecule has 0 aliphatic rings. The lowest BCUT2D eigenvalue weighted by Gasteiger charge is -2.22. The SMILES string of the molecule is CC(C)(N)c1c(O)ccc2ccc(O)cc12. The van der Waals surface area contributed by atoms with Gasteiger partial charge >= 0.3 is 0 Å². The summed E-state index contributed by atoms with van der Waals surface area (Å²) in [7, 11) is 0. The van der Waals surface area contributed by atoms with Crippen molar-refractivity contribution in [2.75, 3.05) is 0 Å². The molecule has 0 saturated carbocycles. The van der Waals surface area contributed by atoms with E-state index in [2.05, 4.69) is 0 Å². The fourth-order valence-corrected chi connectivity index (χ4v) is 1.97. The molecule has 0 spiro atoms. The van der Waals surface area contributed by atoms with Gasteiger partial charge in [-0.05, 0) is 42.8 Å². The zero-order valence-corrected chi connectivity index (χ0v) is 9.36. The summed E-state index contributed by atoms with van der Waals surface area (Å²) in [6, 6.07) is 8.48. The van der Waals surface area contributed by atoms with Crippen LogP contribution in [0.2, 0.25) is 0 Å². The number of rotatable bonds is 1. The van der Waals surface area contributed by atoms with Crippen molar-refractivity contribution in [1.82, 2.24) is 0 Å². The van der Waals surface area contributed by atoms with Crippen molar-refractivity contribution in [1.29, 1.82) is 0 Å². The quantitative estimate of drug-likeness (QED) is 0.687. The lowest BCUT2D eigenvalue weighted by molar-refractivity contribution is 0.443. The van der Waals surface area contributed by atoms with E-state index < -0.39 is 5.54 Å². The summed E-state index contributed by atoms with van der Waals surface area (Å²) in [6.07, 6.45) is 0. The molecule has 3 heteroatoms. The molecule has 0 unspecified atom stereocenters. The molecule has 0 aliphatic carbocycles. The number of phenolic OH excluding ortho intramolecular Hbond substituents is 2. The van der Waals surface area contributed by atoms with Crippen LogP contribution in [0.3, 0.4) is 0 Å². The summed E-state index contributed by atoms with van der Waals surface area (Å²) in [5, 5.41) is 21.1. The molecular formula is C13H15NO2. The monoisotopic (exact) mass is 217 g/mol. The first-order valence-electron chi connectivity index (χ1n) is 5.13. The summed E-state index contributed by atoms with van der Waals surface area (Å²) < 4.78 is 0. The molecule has 2 rings (SSSR count). The van der Waals surface area contributed by atoms with E-state index in [4.69, 9.17) is 5.73 Å². The molecular weight excluding hydrogens is 202 g/mol. The van der Waals surface area contributed by atoms with Gasteiger partial charge in [0.25, 0.3) is 0 Å². The first kappa shape index (κ1) is 10.8. The zero-order valence-electron chi connectivity index (χ0n) is 9.36. The van der Waals surface area contributed by atoms with Gasteiger partial charge in [0.1, 0.15) is 11.5 Å². The van der Waals surface area contributed by atoms with E-state index >= 15 is 0 Å². The molecule has 4 N–H and O–H groups in total. The number of phenols is 2. The topological polar surface area (TPSA) is 66.5 Å². The standard InChI is InChI=1S/C13H15NO2/c1-13(2,14)12-10-7-9(15)5-3-8(10)4-6-11(12)16/h3-7,15-16H,14H2,1-2H3. The molecule has 0 amide bonds. The van der Waals surface area contributed by atoms with Gasteiger partial charge in [0, 0.05) is 11.1 Å². The highest BCUT2D eigenvalue weighted by Crippen LogP contribution is 2.35. The number of hydrogen-bond donors (Lipinski definition) is 3. The molecule has 0 radical (unpaired) electrons. The number of nitrogens with two attached hydrogens (primary N) is 1. The Balaban J connectivity index is 2.88. The Kier molecular flexibility index (Phi) is 2.28. The van der Waals surface area contributed by atoms with Gasteiger partial charge in [-0.3, -0.25) is 0 Å². The minimum atomic E-state index is -0.655. The molecule has 0 atom stereocenters. The van der Waals surface area contributed by atoms with Crippen LogP contribution in [0.4, 0.5) is 0 Å². The number of aromatic hydroxyl groups is 2. The average molecular weight is 217 g/mol. The molecule has 2 aromatic rings. The van der Waals surface area contributed by atoms with E-state index in [9.17, 15) is 10.2 Å². The number of benzene rings is 2. The second kappa shape index (κ2) is 3.39. The molecule has 3 nitrogen and oxygen atoms in total. The Morgan fingerprint density at radius 1 is 1.06 bits per heavy atom. The van der Waals surface area contributed by atoms with Crippen LogP contribution in [0.5, 0.6) is 11.5 Å². The minimum absolute atomic E-state index is 0.158. The van der Waals surface area contributed by atoms with Crippen LogP contribution in [-0.4, -0.2) is 10.2 Å². The molecule has 0 saturated heterocycles. The van der Waals surface area contributed by atoms with Crippen molar-refractivity contribution >= 4 is 10.8 Å². The van der Waals surface area contributed by atoms with E-state index in [-0.39, 0.29) is 11.5 Å². The largest absolute Gasteiger partial charge is 0.508 e. The fourth-order valence-electron chi connectivity index (χ4n) is 1.97. The van der Waals surface area contributed by atoms with Crippen molar-refractivity contribution in [3.05, 3.63) is 35.9 Å². The van der Waals surface area contributed by atoms with Crippen LogP contribution in [0.1, 0.15) is 19.4 Å². The van der Waals surface area contributed by atoms with E-state index in [0.717, 1.165) is 10.8 Å². The third-order valence-electron chi connectivity index (χ3n) is 2.63. The maximum absolute atomic E-state index is 9.87. The number of hydrogen-bond acceptors (Lipinski definition) is 3. The molecule has 0 heterocycles. The summed E-state index contributed by atoms with van der Waals surface area (Å²) in [5.41, 5.74) is 6.03. The van der Waals surface area contributed by atoms with Crippen molar-refractivity contribution in [2.45, 2.75) is 19.4 Å². The summed E-state index contributed by atoms with van der Waals surface area (Å²) in [6.45, 7) is 3.65. The van der Waals surface area contributed by atoms with Gasteiger partial charge in [-0.1, -0.05) is 12.1 Å². The van der Waals surface area contributed by atoms with Gasteiger partial charge in [0.2, 0.25) is 0 Å². The van der Waals surface area contributed by atoms with Gasteiger partial charge in [-0.2, -0.15) is 0 Å². The van der Waals surface area contributed by atoms with Crippen LogP contribution in [0, 0.1) is 0 Å². The van der Waals surface area contributed by atoms with Gasteiger partial charge < -0.3 is 15.9 Å². The van der Waals surface area contributed by atoms with Crippen molar-refractivity contribution in [2.24, 2.45) is 5.73 Å². The van der Waals surface area contributed by atoms with Crippen molar-refractivity contribution in [3.63, 3.8) is 0 Å². The van der Waals surface area contributed by atoms with Crippen LogP contribution < -0.4 is 5.73 Å². The van der Waals surface area contributed by atoms with Crippen LogP contribution in [0.25, 0.3) is 10.8 Å². The zero-order chi connectivity index (χ0) is 11.9. The van der Waals surface area contributed by atoms with Crippen LogP contribution in [0.15, 0.2) is 30.3 Å². The fraction of sp³-hybridized carbons (Fsp3) is 0.231. The Bertz CT molecular complexity index is 536. The second-order valence-corrected chi connectivity index (χ2v) is 4.59. The lowest BCUT2D eigenvalue weighted by Crippen LogP contribution is -2.29. The summed E-state index contributed by atoms with van der Waals surface area (Å²) >= 11 is 0. The highest BCUT2D eigenvalue weighted by Gasteiger charge is 2.21. The minimum Gasteiger partial charge on any atom is -0.508 e. The predicted molar refractivity (Wildman–Crippen MR) is 64.5 cm³/mol. The Morgan fingerprint density at radius 2 is 1.69 bits per heavy atom. The van der Waals surface area contributed by atoms with Gasteiger partial charge in [0.05, 0.1) is 0 Å². The van der Waals surface area contributed by atoms with Gasteiger partial charge in [-0.25, -0.2) is 0 Å². The molecule has 2 aromatic carbocycles. The lowest BCUT2D eigenvalue weighted by atomic mass is 9.89. The smallest absolute Gasteiger partial charge is 0.121 e. The Labute approximate surface area is 94.1 Å². The number of fused-ring (bicyclic) bond motifs is 1. The second-order valence-electron chi connectivity index (χ2n) is 4.59. The third kappa shape index (κ3) is 1.70. The maximum Gasteiger partial charge on any atom is 0.121 e. The van der Waals surface area contributed by atoms with Crippen molar-refractivity contribution in [3.8, 4) is 11.5 Å². The van der Waals surface area contributed by atoms with Gasteiger partial charge in [0.15, 0.2) is 0 Å². The van der Waals surface area contributed by atoms with Crippen LogP contribution >= 0.6 is 0 Å². The van der Waals surface area contributed by atoms with Gasteiger partial charge in [-0.15, -0.1) is 0 Å². The summed E-state index contributed by atoms with van der Waals surface area (Å²) in [5.74, 6) is 0.328. The van der Waals surface area contributed by atoms with E-state index in [1.165, 1.54) is 0 Å². The first-order chi connectivity index (χ1) is 7.39. The van der Waals surface area contributed by atoms with E-state index in [1.54, 1.807) is 30.3 Å². The molecule has 16 heavy (non-hydrogen) atoms. The highest BCUT2D eigenvalue weighted by molar-refractivity contribution is 5.89. The molecule has 0 bridgehead atoms. The third-order valence-corrected chi connectivity index (χ3v) is 2.63. The Hall–Kier alpha value is -1.74. The molecule has 84 valence electrons. The Morgan fingerprint density at radius 3 is 2.31 bits per heavy atom. The summed E-state index contributed by atoms with van der Waals surface area (Å²) in [4.78, 5) is 0. The van der Waals surface area contributed by atoms with Crippen molar-refractivity contribution < 1.29 is 10.2 Å². The molecule has 0 aromatic heterocycles. The van der Waals surface area contributed by atoms with E-state index in [1.807, 2.05) is 13.8 Å². The normalized spacial score (nSPS) is 11.9. The predicted octanol–water partition coefficient (Wildman–Crippen LogP) is 2.44. The first-order valence-corrected chi connectivity index (χ1v) is 5.13. The molecule has 0 aliphatic heterocycles. The van der Waals surface area contributed by atoms with Crippen LogP contribution in [-0.2, 0) is 5.54 Å². The van der Waals surface area contributed by atoms with E-state index in [0.29, 0.717) is 5.56 Å². The highest BCUT2D eigenvalue weighted by atomic mass is 16.3.